The number of carbonyl (C=O) groups is 5. The molecule has 1 unspecified atom stereocenters. The average molecular weight is 582 g/mol. The highest BCUT2D eigenvalue weighted by atomic mass is 35.5. The fourth-order valence-corrected chi connectivity index (χ4v) is 5.77. The SMILES string of the molecule is CNC[C@@H](C)OC(=O)C1(c2ccc(NC(=O)NCc3ccc4c(c3)CN(C3CCC(=O)NC3=O)C4=O)cc2Cl)CC1. The van der Waals surface area contributed by atoms with Crippen molar-refractivity contribution in [2.75, 3.05) is 18.9 Å². The third-order valence-electron chi connectivity index (χ3n) is 7.72. The number of hydrogen-bond acceptors (Lipinski definition) is 7. The standard InChI is InChI=1S/C29H32ClN5O6/c1-16(13-31-2)41-27(39)29(9-10-29)21-6-4-19(12-22(21)30)33-28(40)32-14-17-3-5-20-18(11-17)15-35(26(20)38)23-7-8-24(36)34-25(23)37/h3-6,11-12,16,23,31H,7-10,13-15H2,1-2H3,(H2,32,33,40)(H,34,36,37)/t16-,23?/m1/s1. The van der Waals surface area contributed by atoms with Crippen LogP contribution in [0.2, 0.25) is 5.02 Å². The van der Waals surface area contributed by atoms with Crippen LogP contribution in [0.25, 0.3) is 0 Å². The van der Waals surface area contributed by atoms with E-state index >= 15 is 0 Å². The number of halogens is 1. The Hall–Kier alpha value is -3.96. The number of anilines is 1. The molecule has 0 bridgehead atoms. The Morgan fingerprint density at radius 2 is 1.95 bits per heavy atom. The summed E-state index contributed by atoms with van der Waals surface area (Å²) >= 11 is 6.54. The summed E-state index contributed by atoms with van der Waals surface area (Å²) in [4.78, 5) is 63.5. The molecule has 2 fully saturated rings. The van der Waals surface area contributed by atoms with Gasteiger partial charge in [0, 0.05) is 42.3 Å². The van der Waals surface area contributed by atoms with Crippen LogP contribution in [-0.2, 0) is 37.6 Å². The molecule has 4 N–H and O–H groups in total. The maximum absolute atomic E-state index is 12.9. The Morgan fingerprint density at radius 1 is 1.17 bits per heavy atom. The van der Waals surface area contributed by atoms with E-state index in [0.717, 1.165) is 11.1 Å². The third-order valence-corrected chi connectivity index (χ3v) is 8.04. The first kappa shape index (κ1) is 28.6. The van der Waals surface area contributed by atoms with Gasteiger partial charge < -0.3 is 25.6 Å². The van der Waals surface area contributed by atoms with Gasteiger partial charge in [0.05, 0.1) is 5.41 Å². The third kappa shape index (κ3) is 5.91. The summed E-state index contributed by atoms with van der Waals surface area (Å²) in [6.07, 6.45) is 1.54. The minimum absolute atomic E-state index is 0.193. The van der Waals surface area contributed by atoms with Crippen LogP contribution in [0.3, 0.4) is 0 Å². The molecule has 1 saturated carbocycles. The van der Waals surface area contributed by atoms with Gasteiger partial charge in [-0.05, 0) is 68.1 Å². The van der Waals surface area contributed by atoms with Gasteiger partial charge in [-0.3, -0.25) is 24.5 Å². The monoisotopic (exact) mass is 581 g/mol. The van der Waals surface area contributed by atoms with Crippen LogP contribution >= 0.6 is 11.6 Å². The van der Waals surface area contributed by atoms with E-state index in [-0.39, 0.29) is 43.4 Å². The predicted octanol–water partition coefficient (Wildman–Crippen LogP) is 2.61. The molecule has 0 radical (unpaired) electrons. The zero-order valence-corrected chi connectivity index (χ0v) is 23.6. The van der Waals surface area contributed by atoms with Crippen molar-refractivity contribution in [2.24, 2.45) is 0 Å². The number of fused-ring (bicyclic) bond motifs is 1. The maximum atomic E-state index is 12.9. The molecule has 2 heterocycles. The molecule has 2 aliphatic heterocycles. The zero-order chi connectivity index (χ0) is 29.3. The average Bonchev–Trinajstić information content (AvgIpc) is 3.66. The van der Waals surface area contributed by atoms with E-state index in [1.165, 1.54) is 4.90 Å². The number of piperidine rings is 1. The van der Waals surface area contributed by atoms with Crippen LogP contribution in [0.15, 0.2) is 36.4 Å². The molecule has 216 valence electrons. The van der Waals surface area contributed by atoms with E-state index in [2.05, 4.69) is 21.3 Å². The number of urea groups is 1. The highest BCUT2D eigenvalue weighted by molar-refractivity contribution is 6.32. The van der Waals surface area contributed by atoms with Gasteiger partial charge in [0.25, 0.3) is 5.91 Å². The minimum Gasteiger partial charge on any atom is -0.461 e. The first-order valence-electron chi connectivity index (χ1n) is 13.6. The van der Waals surface area contributed by atoms with E-state index < -0.39 is 23.4 Å². The molecule has 12 heteroatoms. The highest BCUT2D eigenvalue weighted by Gasteiger charge is 2.54. The molecule has 5 rings (SSSR count). The van der Waals surface area contributed by atoms with E-state index in [9.17, 15) is 24.0 Å². The zero-order valence-electron chi connectivity index (χ0n) is 22.8. The van der Waals surface area contributed by atoms with Crippen LogP contribution in [-0.4, -0.2) is 60.4 Å². The van der Waals surface area contributed by atoms with Gasteiger partial charge in [-0.1, -0.05) is 29.8 Å². The van der Waals surface area contributed by atoms with Gasteiger partial charge in [-0.2, -0.15) is 0 Å². The lowest BCUT2D eigenvalue weighted by atomic mass is 9.95. The molecule has 41 heavy (non-hydrogen) atoms. The van der Waals surface area contributed by atoms with Crippen LogP contribution in [0.5, 0.6) is 0 Å². The summed E-state index contributed by atoms with van der Waals surface area (Å²) in [7, 11) is 1.79. The number of imide groups is 1. The highest BCUT2D eigenvalue weighted by Crippen LogP contribution is 2.52. The lowest BCUT2D eigenvalue weighted by molar-refractivity contribution is -0.151. The summed E-state index contributed by atoms with van der Waals surface area (Å²) in [6, 6.07) is 9.22. The van der Waals surface area contributed by atoms with E-state index in [0.29, 0.717) is 47.6 Å². The van der Waals surface area contributed by atoms with Crippen molar-refractivity contribution in [2.45, 2.75) is 63.3 Å². The van der Waals surface area contributed by atoms with Crippen molar-refractivity contribution in [3.05, 3.63) is 63.7 Å². The first-order valence-corrected chi connectivity index (χ1v) is 14.0. The van der Waals surface area contributed by atoms with Gasteiger partial charge in [-0.25, -0.2) is 4.79 Å². The van der Waals surface area contributed by atoms with Gasteiger partial charge >= 0.3 is 12.0 Å². The molecular weight excluding hydrogens is 550 g/mol. The lowest BCUT2D eigenvalue weighted by Gasteiger charge is -2.29. The molecule has 2 aromatic rings. The van der Waals surface area contributed by atoms with Gasteiger partial charge in [0.2, 0.25) is 11.8 Å². The number of amides is 5. The molecule has 2 atom stereocenters. The second-order valence-corrected chi connectivity index (χ2v) is 11.2. The summed E-state index contributed by atoms with van der Waals surface area (Å²) in [5, 5.41) is 11.2. The number of nitrogens with zero attached hydrogens (tertiary/aromatic N) is 1. The fraction of sp³-hybridized carbons (Fsp3) is 0.414. The number of benzene rings is 2. The van der Waals surface area contributed by atoms with Crippen molar-refractivity contribution in [3.63, 3.8) is 0 Å². The molecule has 2 aromatic carbocycles. The Bertz CT molecular complexity index is 1420. The maximum Gasteiger partial charge on any atom is 0.319 e. The molecule has 0 aromatic heterocycles. The molecular formula is C29H32ClN5O6. The summed E-state index contributed by atoms with van der Waals surface area (Å²) in [6.45, 7) is 2.85. The van der Waals surface area contributed by atoms with Crippen molar-refractivity contribution in [1.29, 1.82) is 0 Å². The first-order chi connectivity index (χ1) is 19.6. The molecule has 11 nitrogen and oxygen atoms in total. The number of hydrogen-bond donors (Lipinski definition) is 4. The predicted molar refractivity (Wildman–Crippen MR) is 150 cm³/mol. The second kappa shape index (κ2) is 11.5. The van der Waals surface area contributed by atoms with Crippen molar-refractivity contribution in [3.8, 4) is 0 Å². The summed E-state index contributed by atoms with van der Waals surface area (Å²) in [5.74, 6) is -1.33. The Morgan fingerprint density at radius 3 is 2.63 bits per heavy atom. The summed E-state index contributed by atoms with van der Waals surface area (Å²) < 4.78 is 5.58. The number of ether oxygens (including phenoxy) is 1. The molecule has 3 aliphatic rings. The number of rotatable bonds is 9. The van der Waals surface area contributed by atoms with Crippen molar-refractivity contribution >= 4 is 47.0 Å². The number of likely N-dealkylation sites (N-methyl/N-ethyl adjacent to an activating group) is 1. The lowest BCUT2D eigenvalue weighted by Crippen LogP contribution is -2.52. The van der Waals surface area contributed by atoms with Crippen LogP contribution in [0.4, 0.5) is 10.5 Å². The van der Waals surface area contributed by atoms with Gasteiger partial charge in [0.15, 0.2) is 0 Å². The van der Waals surface area contributed by atoms with E-state index in [4.69, 9.17) is 16.3 Å². The topological polar surface area (TPSA) is 146 Å². The Balaban J connectivity index is 1.16. The Kier molecular flexibility index (Phi) is 8.01. The number of esters is 1. The van der Waals surface area contributed by atoms with Crippen LogP contribution in [0, 0.1) is 0 Å². The quantitative estimate of drug-likeness (QED) is 0.263. The number of carbonyl (C=O) groups excluding carboxylic acids is 5. The molecule has 1 saturated heterocycles. The van der Waals surface area contributed by atoms with Crippen LogP contribution < -0.4 is 21.3 Å². The normalized spacial score (nSPS) is 19.7. The van der Waals surface area contributed by atoms with Gasteiger partial charge in [0.1, 0.15) is 12.1 Å². The van der Waals surface area contributed by atoms with Crippen molar-refractivity contribution in [1.82, 2.24) is 20.9 Å². The van der Waals surface area contributed by atoms with Crippen LogP contribution in [0.1, 0.15) is 59.7 Å². The van der Waals surface area contributed by atoms with Crippen molar-refractivity contribution < 1.29 is 28.7 Å². The fourth-order valence-electron chi connectivity index (χ4n) is 5.41. The molecule has 0 spiro atoms. The second-order valence-electron chi connectivity index (χ2n) is 10.7. The minimum atomic E-state index is -0.747. The number of nitrogens with one attached hydrogen (secondary N) is 4. The van der Waals surface area contributed by atoms with E-state index in [1.54, 1.807) is 37.4 Å². The van der Waals surface area contributed by atoms with Gasteiger partial charge in [-0.15, -0.1) is 0 Å². The van der Waals surface area contributed by atoms with E-state index in [1.807, 2.05) is 13.0 Å². The smallest absolute Gasteiger partial charge is 0.319 e. The molecule has 1 aliphatic carbocycles. The molecule has 5 amide bonds. The largest absolute Gasteiger partial charge is 0.461 e. The summed E-state index contributed by atoms with van der Waals surface area (Å²) in [5.41, 5.74) is 2.46. The Labute approximate surface area is 242 Å².